The van der Waals surface area contributed by atoms with Gasteiger partial charge >= 0.3 is 0 Å². The largest absolute Gasteiger partial charge is 0.381 e. The van der Waals surface area contributed by atoms with Crippen molar-refractivity contribution in [2.75, 3.05) is 13.1 Å². The zero-order valence-corrected chi connectivity index (χ0v) is 13.5. The first-order valence-corrected chi connectivity index (χ1v) is 8.03. The summed E-state index contributed by atoms with van der Waals surface area (Å²) in [5.74, 6) is -2.74. The minimum atomic E-state index is -1.42. The Hall–Kier alpha value is -2.86. The van der Waals surface area contributed by atoms with E-state index in [-0.39, 0.29) is 24.6 Å². The van der Waals surface area contributed by atoms with Gasteiger partial charge in [-0.3, -0.25) is 4.79 Å². The summed E-state index contributed by atoms with van der Waals surface area (Å²) < 4.78 is 39.8. The van der Waals surface area contributed by atoms with Crippen molar-refractivity contribution >= 4 is 16.7 Å². The first-order chi connectivity index (χ1) is 12.4. The van der Waals surface area contributed by atoms with Crippen LogP contribution in [0.5, 0.6) is 0 Å². The molecular weight excluding hydrogens is 343 g/mol. The fraction of sp³-hybridized carbons (Fsp3) is 0.150. The molecule has 1 aliphatic rings. The lowest BCUT2D eigenvalue weighted by atomic mass is 9.85. The molecular formula is C20H14F3NO2. The van der Waals surface area contributed by atoms with E-state index in [1.165, 1.54) is 23.1 Å². The van der Waals surface area contributed by atoms with E-state index in [0.717, 1.165) is 12.1 Å². The molecule has 0 radical (unpaired) electrons. The minimum Gasteiger partial charge on any atom is -0.381 e. The van der Waals surface area contributed by atoms with E-state index in [0.29, 0.717) is 16.3 Å². The topological polar surface area (TPSA) is 40.5 Å². The summed E-state index contributed by atoms with van der Waals surface area (Å²) in [4.78, 5) is 14.2. The van der Waals surface area contributed by atoms with E-state index < -0.39 is 23.1 Å². The summed E-state index contributed by atoms with van der Waals surface area (Å²) in [6.07, 6.45) is 0. The monoisotopic (exact) mass is 357 g/mol. The van der Waals surface area contributed by atoms with Gasteiger partial charge in [-0.25, -0.2) is 13.2 Å². The SMILES string of the molecule is O=C(c1cccc2cc(F)ccc12)N1CC(O)(c2ccc(F)c(F)c2)C1. The van der Waals surface area contributed by atoms with Crippen molar-refractivity contribution in [2.24, 2.45) is 0 Å². The Morgan fingerprint density at radius 1 is 0.962 bits per heavy atom. The molecule has 1 N–H and O–H groups in total. The number of fused-ring (bicyclic) bond motifs is 1. The van der Waals surface area contributed by atoms with Gasteiger partial charge in [0, 0.05) is 5.56 Å². The molecule has 26 heavy (non-hydrogen) atoms. The number of halogens is 3. The number of benzene rings is 3. The first kappa shape index (κ1) is 16.6. The van der Waals surface area contributed by atoms with Gasteiger partial charge in [-0.2, -0.15) is 0 Å². The van der Waals surface area contributed by atoms with Crippen LogP contribution in [-0.2, 0) is 5.60 Å². The summed E-state index contributed by atoms with van der Waals surface area (Å²) in [7, 11) is 0. The Morgan fingerprint density at radius 2 is 1.73 bits per heavy atom. The van der Waals surface area contributed by atoms with Gasteiger partial charge in [0.2, 0.25) is 0 Å². The maximum Gasteiger partial charge on any atom is 0.254 e. The Kier molecular flexibility index (Phi) is 3.73. The zero-order valence-electron chi connectivity index (χ0n) is 13.5. The molecule has 1 fully saturated rings. The maximum absolute atomic E-state index is 13.4. The number of carbonyl (C=O) groups is 1. The molecule has 1 aliphatic heterocycles. The van der Waals surface area contributed by atoms with Crippen LogP contribution in [0.25, 0.3) is 10.8 Å². The second-order valence-corrected chi connectivity index (χ2v) is 6.49. The molecule has 0 unspecified atom stereocenters. The van der Waals surface area contributed by atoms with Crippen molar-refractivity contribution in [3.05, 3.63) is 83.2 Å². The molecule has 132 valence electrons. The highest BCUT2D eigenvalue weighted by molar-refractivity contribution is 6.07. The number of rotatable bonds is 2. The molecule has 3 aromatic rings. The Labute approximate surface area is 147 Å². The average molecular weight is 357 g/mol. The predicted octanol–water partition coefficient (Wildman–Crippen LogP) is 3.60. The predicted molar refractivity (Wildman–Crippen MR) is 90.1 cm³/mol. The number of amides is 1. The molecule has 4 rings (SSSR count). The molecule has 3 nitrogen and oxygen atoms in total. The maximum atomic E-state index is 13.4. The third kappa shape index (κ3) is 2.63. The highest BCUT2D eigenvalue weighted by atomic mass is 19.2. The van der Waals surface area contributed by atoms with Gasteiger partial charge in [-0.15, -0.1) is 0 Å². The minimum absolute atomic E-state index is 0.0332. The summed E-state index contributed by atoms with van der Waals surface area (Å²) in [5, 5.41) is 11.8. The van der Waals surface area contributed by atoms with Crippen LogP contribution in [0.2, 0.25) is 0 Å². The van der Waals surface area contributed by atoms with Crippen molar-refractivity contribution in [1.29, 1.82) is 0 Å². The lowest BCUT2D eigenvalue weighted by molar-refractivity contribution is -0.0865. The Balaban J connectivity index is 1.59. The lowest BCUT2D eigenvalue weighted by Gasteiger charge is -2.46. The van der Waals surface area contributed by atoms with E-state index in [1.807, 2.05) is 0 Å². The number of hydrogen-bond acceptors (Lipinski definition) is 2. The quantitative estimate of drug-likeness (QED) is 0.761. The standard InChI is InChI=1S/C20H14F3NO2/c21-14-5-6-15-12(8-14)2-1-3-16(15)19(25)24-10-20(26,11-24)13-4-7-17(22)18(23)9-13/h1-9,26H,10-11H2. The van der Waals surface area contributed by atoms with Gasteiger partial charge in [0.25, 0.3) is 5.91 Å². The number of aliphatic hydroxyl groups is 1. The molecule has 3 aromatic carbocycles. The molecule has 1 heterocycles. The van der Waals surface area contributed by atoms with Crippen LogP contribution in [-0.4, -0.2) is 29.0 Å². The second kappa shape index (κ2) is 5.85. The van der Waals surface area contributed by atoms with Crippen LogP contribution in [0.15, 0.2) is 54.6 Å². The van der Waals surface area contributed by atoms with Crippen LogP contribution >= 0.6 is 0 Å². The molecule has 1 saturated heterocycles. The number of nitrogens with zero attached hydrogens (tertiary/aromatic N) is 1. The van der Waals surface area contributed by atoms with E-state index in [2.05, 4.69) is 0 Å². The molecule has 0 atom stereocenters. The Morgan fingerprint density at radius 3 is 2.46 bits per heavy atom. The van der Waals surface area contributed by atoms with E-state index >= 15 is 0 Å². The molecule has 6 heteroatoms. The van der Waals surface area contributed by atoms with Crippen molar-refractivity contribution in [3.63, 3.8) is 0 Å². The van der Waals surface area contributed by atoms with Crippen molar-refractivity contribution in [3.8, 4) is 0 Å². The van der Waals surface area contributed by atoms with E-state index in [1.54, 1.807) is 24.3 Å². The van der Waals surface area contributed by atoms with Crippen LogP contribution < -0.4 is 0 Å². The third-order valence-corrected chi connectivity index (χ3v) is 4.72. The fourth-order valence-electron chi connectivity index (χ4n) is 3.31. The summed E-state index contributed by atoms with van der Waals surface area (Å²) in [5.41, 5.74) is -0.795. The lowest BCUT2D eigenvalue weighted by Crippen LogP contribution is -2.61. The van der Waals surface area contributed by atoms with Gasteiger partial charge in [-0.05, 0) is 46.7 Å². The first-order valence-electron chi connectivity index (χ1n) is 8.03. The molecule has 0 bridgehead atoms. The smallest absolute Gasteiger partial charge is 0.254 e. The molecule has 0 spiro atoms. The normalized spacial score (nSPS) is 15.8. The number of likely N-dealkylation sites (tertiary alicyclic amines) is 1. The van der Waals surface area contributed by atoms with E-state index in [4.69, 9.17) is 0 Å². The number of hydrogen-bond donors (Lipinski definition) is 1. The van der Waals surface area contributed by atoms with Crippen molar-refractivity contribution in [1.82, 2.24) is 4.90 Å². The zero-order chi connectivity index (χ0) is 18.5. The molecule has 0 saturated carbocycles. The summed E-state index contributed by atoms with van der Waals surface area (Å²) in [6.45, 7) is -0.0665. The number of carbonyl (C=O) groups excluding carboxylic acids is 1. The molecule has 0 aromatic heterocycles. The van der Waals surface area contributed by atoms with Gasteiger partial charge in [0.05, 0.1) is 13.1 Å². The van der Waals surface area contributed by atoms with Crippen LogP contribution in [0.1, 0.15) is 15.9 Å². The van der Waals surface area contributed by atoms with Crippen LogP contribution in [0.3, 0.4) is 0 Å². The highest BCUT2D eigenvalue weighted by Crippen LogP contribution is 2.34. The van der Waals surface area contributed by atoms with Crippen molar-refractivity contribution in [2.45, 2.75) is 5.60 Å². The third-order valence-electron chi connectivity index (χ3n) is 4.72. The summed E-state index contributed by atoms with van der Waals surface area (Å²) >= 11 is 0. The van der Waals surface area contributed by atoms with E-state index in [9.17, 15) is 23.1 Å². The average Bonchev–Trinajstić information content (AvgIpc) is 2.60. The Bertz CT molecular complexity index is 1030. The van der Waals surface area contributed by atoms with Crippen molar-refractivity contribution < 1.29 is 23.1 Å². The van der Waals surface area contributed by atoms with Crippen LogP contribution in [0, 0.1) is 17.5 Å². The highest BCUT2D eigenvalue weighted by Gasteiger charge is 2.45. The van der Waals surface area contributed by atoms with Gasteiger partial charge in [0.15, 0.2) is 11.6 Å². The van der Waals surface area contributed by atoms with Gasteiger partial charge < -0.3 is 10.0 Å². The fourth-order valence-corrected chi connectivity index (χ4v) is 3.31. The second-order valence-electron chi connectivity index (χ2n) is 6.49. The van der Waals surface area contributed by atoms with Gasteiger partial charge in [0.1, 0.15) is 11.4 Å². The molecule has 0 aliphatic carbocycles. The van der Waals surface area contributed by atoms with Gasteiger partial charge in [-0.1, -0.05) is 24.3 Å². The molecule has 1 amide bonds. The number of β-amino-alcohol motifs (C(OH)–C–C–N with tert-alkyl or cyclic N) is 1. The van der Waals surface area contributed by atoms with Crippen LogP contribution in [0.4, 0.5) is 13.2 Å². The summed E-state index contributed by atoms with van der Waals surface area (Å²) in [6, 6.07) is 12.4.